The molecule has 0 bridgehead atoms. The van der Waals surface area contributed by atoms with Gasteiger partial charge in [0.1, 0.15) is 12.4 Å². The van der Waals surface area contributed by atoms with Crippen molar-refractivity contribution in [2.75, 3.05) is 38.5 Å². The summed E-state index contributed by atoms with van der Waals surface area (Å²) in [6, 6.07) is 6.11. The number of amides is 1. The van der Waals surface area contributed by atoms with Crippen LogP contribution in [0.2, 0.25) is 0 Å². The molecule has 11 heteroatoms. The Morgan fingerprint density at radius 2 is 1.74 bits per heavy atom. The van der Waals surface area contributed by atoms with Crippen molar-refractivity contribution in [3.05, 3.63) is 40.6 Å². The summed E-state index contributed by atoms with van der Waals surface area (Å²) in [5.74, 6) is 0.346. The van der Waals surface area contributed by atoms with E-state index >= 15 is 0 Å². The maximum Gasteiger partial charge on any atom is 0.346 e. The molecule has 3 heterocycles. The van der Waals surface area contributed by atoms with Gasteiger partial charge in [0.25, 0.3) is 0 Å². The van der Waals surface area contributed by atoms with Gasteiger partial charge in [-0.3, -0.25) is 9.36 Å². The Balaban J connectivity index is 1.40. The summed E-state index contributed by atoms with van der Waals surface area (Å²) < 4.78 is 29.9. The number of hydrogen-bond acceptors (Lipinski definition) is 6. The molecule has 0 radical (unpaired) electrons. The molecule has 168 valence electrons. The second kappa shape index (κ2) is 8.93. The highest BCUT2D eigenvalue weighted by Crippen LogP contribution is 2.19. The number of fused-ring (bicyclic) bond motifs is 1. The second-order valence-corrected chi connectivity index (χ2v) is 10.0. The number of benzene rings is 1. The molecule has 1 aromatic carbocycles. The number of carbonyl (C=O) groups excluding carboxylic acids is 1. The van der Waals surface area contributed by atoms with Gasteiger partial charge in [-0.2, -0.15) is 9.40 Å². The lowest BCUT2D eigenvalue weighted by atomic mass is 10.2. The van der Waals surface area contributed by atoms with Crippen LogP contribution in [0.4, 0.5) is 5.69 Å². The first-order valence-electron chi connectivity index (χ1n) is 10.6. The smallest absolute Gasteiger partial charge is 0.324 e. The number of sulfonamides is 1. The van der Waals surface area contributed by atoms with Gasteiger partial charge in [-0.1, -0.05) is 6.42 Å². The summed E-state index contributed by atoms with van der Waals surface area (Å²) in [5, 5.41) is 7.02. The molecule has 1 amide bonds. The first-order chi connectivity index (χ1) is 14.8. The fourth-order valence-electron chi connectivity index (χ4n) is 3.95. The van der Waals surface area contributed by atoms with Crippen LogP contribution in [0.15, 0.2) is 34.0 Å². The fourth-order valence-corrected chi connectivity index (χ4v) is 5.37. The van der Waals surface area contributed by atoms with Gasteiger partial charge >= 0.3 is 5.69 Å². The van der Waals surface area contributed by atoms with E-state index in [4.69, 9.17) is 0 Å². The third kappa shape index (κ3) is 4.73. The summed E-state index contributed by atoms with van der Waals surface area (Å²) in [5.41, 5.74) is 0.205. The zero-order valence-corrected chi connectivity index (χ0v) is 18.5. The summed E-state index contributed by atoms with van der Waals surface area (Å²) in [7, 11) is -1.59. The molecule has 4 rings (SSSR count). The molecule has 0 unspecified atom stereocenters. The van der Waals surface area contributed by atoms with Crippen molar-refractivity contribution in [1.82, 2.24) is 23.6 Å². The zero-order valence-electron chi connectivity index (χ0n) is 17.7. The van der Waals surface area contributed by atoms with Crippen LogP contribution in [0, 0.1) is 0 Å². The summed E-state index contributed by atoms with van der Waals surface area (Å²) >= 11 is 0. The van der Waals surface area contributed by atoms with Crippen molar-refractivity contribution in [3.8, 4) is 0 Å². The number of carbonyl (C=O) groups is 1. The molecular formula is C20H28N6O4S. The largest absolute Gasteiger partial charge is 0.346 e. The molecule has 1 aromatic heterocycles. The van der Waals surface area contributed by atoms with E-state index in [-0.39, 0.29) is 23.0 Å². The van der Waals surface area contributed by atoms with Gasteiger partial charge in [0, 0.05) is 44.8 Å². The molecule has 2 aromatic rings. The van der Waals surface area contributed by atoms with Crippen LogP contribution in [-0.2, 0) is 34.3 Å². The van der Waals surface area contributed by atoms with Crippen molar-refractivity contribution in [2.24, 2.45) is 0 Å². The van der Waals surface area contributed by atoms with E-state index in [1.165, 1.54) is 21.1 Å². The van der Waals surface area contributed by atoms with Crippen molar-refractivity contribution in [2.45, 2.75) is 43.7 Å². The molecule has 0 spiro atoms. The van der Waals surface area contributed by atoms with E-state index in [1.807, 2.05) is 7.05 Å². The molecule has 1 N–H and O–H groups in total. The Bertz CT molecular complexity index is 1100. The molecular weight excluding hydrogens is 420 g/mol. The highest BCUT2D eigenvalue weighted by atomic mass is 32.2. The summed E-state index contributed by atoms with van der Waals surface area (Å²) in [4.78, 5) is 27.2. The molecule has 10 nitrogen and oxygen atoms in total. The number of likely N-dealkylation sites (N-methyl/N-ethyl adjacent to an activating group) is 1. The van der Waals surface area contributed by atoms with Crippen molar-refractivity contribution < 1.29 is 13.2 Å². The fraction of sp³-hybridized carbons (Fsp3) is 0.550. The molecule has 0 saturated carbocycles. The third-order valence-electron chi connectivity index (χ3n) is 5.81. The monoisotopic (exact) mass is 448 g/mol. The number of nitrogens with zero attached hydrogens (tertiary/aromatic N) is 5. The molecule has 2 aliphatic rings. The van der Waals surface area contributed by atoms with Crippen molar-refractivity contribution in [1.29, 1.82) is 0 Å². The first-order valence-corrected chi connectivity index (χ1v) is 12.0. The average molecular weight is 449 g/mol. The average Bonchev–Trinajstić information content (AvgIpc) is 2.91. The van der Waals surface area contributed by atoms with Crippen LogP contribution in [-0.4, -0.2) is 71.1 Å². The lowest BCUT2D eigenvalue weighted by molar-refractivity contribution is -0.117. The molecule has 2 aliphatic heterocycles. The van der Waals surface area contributed by atoms with Crippen molar-refractivity contribution >= 4 is 21.6 Å². The van der Waals surface area contributed by atoms with Crippen LogP contribution in [0.25, 0.3) is 0 Å². The molecule has 31 heavy (non-hydrogen) atoms. The van der Waals surface area contributed by atoms with Gasteiger partial charge in [0.15, 0.2) is 0 Å². The number of rotatable bonds is 5. The van der Waals surface area contributed by atoms with Crippen LogP contribution in [0.3, 0.4) is 0 Å². The minimum atomic E-state index is -3.55. The van der Waals surface area contributed by atoms with Crippen LogP contribution in [0.5, 0.6) is 0 Å². The number of hydrogen-bond donors (Lipinski definition) is 1. The highest BCUT2D eigenvalue weighted by molar-refractivity contribution is 7.89. The third-order valence-corrected chi connectivity index (χ3v) is 7.73. The predicted molar refractivity (Wildman–Crippen MR) is 115 cm³/mol. The maximum absolute atomic E-state index is 12.8. The van der Waals surface area contributed by atoms with Gasteiger partial charge < -0.3 is 10.2 Å². The van der Waals surface area contributed by atoms with Crippen LogP contribution in [0.1, 0.15) is 25.1 Å². The quantitative estimate of drug-likeness (QED) is 0.707. The molecule has 0 aliphatic carbocycles. The number of aromatic nitrogens is 3. The minimum absolute atomic E-state index is 0.180. The second-order valence-electron chi connectivity index (χ2n) is 8.10. The molecule has 1 fully saturated rings. The Morgan fingerprint density at radius 3 is 2.45 bits per heavy atom. The SMILES string of the molecule is CN1CCN(S(=O)(=O)c2ccc(NC(=O)Cn3nc4n(c3=O)CCCCC4)cc2)CC1. The minimum Gasteiger partial charge on any atom is -0.324 e. The summed E-state index contributed by atoms with van der Waals surface area (Å²) in [6.07, 6.45) is 3.75. The van der Waals surface area contributed by atoms with Crippen molar-refractivity contribution in [3.63, 3.8) is 0 Å². The Labute approximate surface area is 181 Å². The number of aryl methyl sites for hydroxylation is 1. The Morgan fingerprint density at radius 1 is 1.03 bits per heavy atom. The zero-order chi connectivity index (χ0) is 22.0. The lowest BCUT2D eigenvalue weighted by Gasteiger charge is -2.31. The van der Waals surface area contributed by atoms with Gasteiger partial charge in [-0.15, -0.1) is 0 Å². The van der Waals surface area contributed by atoms with E-state index < -0.39 is 10.0 Å². The van der Waals surface area contributed by atoms with Crippen LogP contribution >= 0.6 is 0 Å². The van der Waals surface area contributed by atoms with E-state index in [9.17, 15) is 18.0 Å². The number of piperazine rings is 1. The number of nitrogens with one attached hydrogen (secondary N) is 1. The standard InChI is InChI=1S/C20H28N6O4S/c1-23-11-13-24(14-12-23)31(29,30)17-8-6-16(7-9-17)21-19(27)15-26-20(28)25-10-4-2-3-5-18(25)22-26/h6-9H,2-5,10-15H2,1H3,(H,21,27). The molecule has 0 atom stereocenters. The van der Waals surface area contributed by atoms with E-state index in [1.54, 1.807) is 16.7 Å². The lowest BCUT2D eigenvalue weighted by Crippen LogP contribution is -2.46. The molecule has 1 saturated heterocycles. The normalized spacial score (nSPS) is 18.4. The number of anilines is 1. The van der Waals surface area contributed by atoms with E-state index in [2.05, 4.69) is 15.3 Å². The van der Waals surface area contributed by atoms with Gasteiger partial charge in [-0.25, -0.2) is 17.9 Å². The predicted octanol–water partition coefficient (Wildman–Crippen LogP) is 0.346. The summed E-state index contributed by atoms with van der Waals surface area (Å²) in [6.45, 7) is 2.77. The Kier molecular flexibility index (Phi) is 6.26. The van der Waals surface area contributed by atoms with E-state index in [0.29, 0.717) is 38.4 Å². The van der Waals surface area contributed by atoms with Gasteiger partial charge in [-0.05, 0) is 44.2 Å². The van der Waals surface area contributed by atoms with Gasteiger partial charge in [0.2, 0.25) is 15.9 Å². The highest BCUT2D eigenvalue weighted by Gasteiger charge is 2.27. The topological polar surface area (TPSA) is 110 Å². The van der Waals surface area contributed by atoms with Gasteiger partial charge in [0.05, 0.1) is 4.90 Å². The van der Waals surface area contributed by atoms with E-state index in [0.717, 1.165) is 31.5 Å². The Hall–Kier alpha value is -2.50. The first kappa shape index (κ1) is 21.7. The maximum atomic E-state index is 12.8. The van der Waals surface area contributed by atoms with Crippen LogP contribution < -0.4 is 11.0 Å².